The Balaban J connectivity index is 2.55. The van der Waals surface area contributed by atoms with Gasteiger partial charge in [-0.15, -0.1) is 0 Å². The van der Waals surface area contributed by atoms with Crippen LogP contribution < -0.4 is 5.73 Å². The molecule has 168 valence electrons. The Kier molecular flexibility index (Phi) is 5.77. The summed E-state index contributed by atoms with van der Waals surface area (Å²) in [5.41, 5.74) is 0.415. The molecule has 0 heterocycles. The molecule has 3 aromatic rings. The van der Waals surface area contributed by atoms with Crippen LogP contribution in [0.25, 0.3) is 22.3 Å². The maximum Gasteiger partial charge on any atom is 0.417 e. The summed E-state index contributed by atoms with van der Waals surface area (Å²) in [6.07, 6.45) is -9.94. The van der Waals surface area contributed by atoms with E-state index >= 15 is 0 Å². The Morgan fingerprint density at radius 3 is 1.97 bits per heavy atom. The van der Waals surface area contributed by atoms with Crippen molar-refractivity contribution in [3.63, 3.8) is 0 Å². The lowest BCUT2D eigenvalue weighted by molar-refractivity contribution is -0.138. The summed E-state index contributed by atoms with van der Waals surface area (Å²) in [6.45, 7) is 0. The molecular weight excluding hydrogens is 445 g/mol. The zero-order valence-electron chi connectivity index (χ0n) is 15.8. The van der Waals surface area contributed by atoms with Gasteiger partial charge < -0.3 is 16.0 Å². The number of amidine groups is 1. The Morgan fingerprint density at radius 1 is 0.812 bits per heavy atom. The normalized spacial score (nSPS) is 12.8. The number of benzene rings is 3. The lowest BCUT2D eigenvalue weighted by atomic mass is 9.86. The summed E-state index contributed by atoms with van der Waals surface area (Å²) in [5.74, 6) is -2.25. The highest BCUT2D eigenvalue weighted by Gasteiger charge is 2.37. The van der Waals surface area contributed by atoms with Gasteiger partial charge in [-0.3, -0.25) is 0 Å². The van der Waals surface area contributed by atoms with Gasteiger partial charge in [0, 0.05) is 11.1 Å². The second-order valence-corrected chi connectivity index (χ2v) is 6.66. The number of phenolic OH excluding ortho intramolecular Hbond substituents is 1. The minimum absolute atomic E-state index is 0.0340. The number of hydrogen-bond acceptors (Lipinski definition) is 3. The Morgan fingerprint density at radius 2 is 1.44 bits per heavy atom. The van der Waals surface area contributed by atoms with Crippen LogP contribution in [0.3, 0.4) is 0 Å². The highest BCUT2D eigenvalue weighted by Crippen LogP contribution is 2.45. The number of phenols is 1. The number of alkyl halides is 6. The minimum atomic E-state index is -5.00. The van der Waals surface area contributed by atoms with Crippen molar-refractivity contribution in [2.75, 3.05) is 0 Å². The van der Waals surface area contributed by atoms with Gasteiger partial charge >= 0.3 is 12.4 Å². The summed E-state index contributed by atoms with van der Waals surface area (Å²) < 4.78 is 95.7. The first-order chi connectivity index (χ1) is 14.8. The molecule has 4 nitrogen and oxygen atoms in total. The van der Waals surface area contributed by atoms with Crippen molar-refractivity contribution in [1.82, 2.24) is 0 Å². The summed E-state index contributed by atoms with van der Waals surface area (Å²) >= 11 is 0. The van der Waals surface area contributed by atoms with Crippen LogP contribution in [0.5, 0.6) is 5.75 Å². The summed E-state index contributed by atoms with van der Waals surface area (Å²) in [5, 5.41) is 21.2. The molecule has 0 aliphatic heterocycles. The number of nitrogens with two attached hydrogens (primary N) is 1. The molecule has 0 amide bonds. The van der Waals surface area contributed by atoms with Gasteiger partial charge in [-0.05, 0) is 59.2 Å². The average molecular weight is 458 g/mol. The molecule has 4 N–H and O–H groups in total. The lowest BCUT2D eigenvalue weighted by Crippen LogP contribution is -2.18. The average Bonchev–Trinajstić information content (AvgIpc) is 2.71. The molecule has 0 spiro atoms. The first-order valence-corrected chi connectivity index (χ1v) is 8.72. The van der Waals surface area contributed by atoms with Crippen LogP contribution in [0, 0.1) is 5.82 Å². The number of oxime groups is 1. The Bertz CT molecular complexity index is 1180. The molecule has 3 rings (SSSR count). The topological polar surface area (TPSA) is 78.8 Å². The molecule has 3 aromatic carbocycles. The molecule has 0 aliphatic rings. The second kappa shape index (κ2) is 8.06. The first kappa shape index (κ1) is 22.9. The van der Waals surface area contributed by atoms with Gasteiger partial charge in [0.2, 0.25) is 0 Å². The fourth-order valence-electron chi connectivity index (χ4n) is 3.19. The monoisotopic (exact) mass is 458 g/mol. The third-order valence-corrected chi connectivity index (χ3v) is 4.58. The molecule has 0 atom stereocenters. The molecular formula is C21H13F7N2O2. The van der Waals surface area contributed by atoms with Crippen molar-refractivity contribution in [1.29, 1.82) is 0 Å². The molecule has 0 aromatic heterocycles. The van der Waals surface area contributed by atoms with Crippen molar-refractivity contribution < 1.29 is 41.0 Å². The highest BCUT2D eigenvalue weighted by atomic mass is 19.4. The maximum absolute atomic E-state index is 14.0. The van der Waals surface area contributed by atoms with E-state index in [0.717, 1.165) is 24.3 Å². The number of aromatic hydroxyl groups is 1. The van der Waals surface area contributed by atoms with Crippen LogP contribution in [0.15, 0.2) is 59.8 Å². The smallest absolute Gasteiger partial charge is 0.417 e. The van der Waals surface area contributed by atoms with E-state index in [9.17, 15) is 35.8 Å². The SMILES string of the molecule is N/C(=N\O)c1cc(C(F)(F)F)cc(-c2ccc(O)cc2)c1-c1cc(F)ccc1C(F)(F)F. The number of nitrogens with zero attached hydrogens (tertiary/aromatic N) is 1. The summed E-state index contributed by atoms with van der Waals surface area (Å²) in [7, 11) is 0. The summed E-state index contributed by atoms with van der Waals surface area (Å²) in [4.78, 5) is 0. The van der Waals surface area contributed by atoms with Crippen molar-refractivity contribution in [3.8, 4) is 28.0 Å². The predicted molar refractivity (Wildman–Crippen MR) is 101 cm³/mol. The molecule has 11 heteroatoms. The van der Waals surface area contributed by atoms with Gasteiger partial charge in [-0.1, -0.05) is 17.3 Å². The van der Waals surface area contributed by atoms with E-state index in [1.807, 2.05) is 0 Å². The first-order valence-electron chi connectivity index (χ1n) is 8.72. The van der Waals surface area contributed by atoms with Gasteiger partial charge in [0.1, 0.15) is 11.6 Å². The fourth-order valence-corrected chi connectivity index (χ4v) is 3.19. The molecule has 0 radical (unpaired) electrons. The fraction of sp³-hybridized carbons (Fsp3) is 0.0952. The third-order valence-electron chi connectivity index (χ3n) is 4.58. The van der Waals surface area contributed by atoms with Crippen molar-refractivity contribution in [2.45, 2.75) is 12.4 Å². The van der Waals surface area contributed by atoms with E-state index in [1.165, 1.54) is 0 Å². The minimum Gasteiger partial charge on any atom is -0.508 e. The van der Waals surface area contributed by atoms with Crippen molar-refractivity contribution in [2.24, 2.45) is 10.9 Å². The number of halogens is 7. The van der Waals surface area contributed by atoms with E-state index in [4.69, 9.17) is 10.9 Å². The predicted octanol–water partition coefficient (Wildman–Crippen LogP) is 6.00. The van der Waals surface area contributed by atoms with Crippen LogP contribution in [-0.4, -0.2) is 16.1 Å². The number of hydrogen-bond donors (Lipinski definition) is 3. The Labute approximate surface area is 176 Å². The van der Waals surface area contributed by atoms with E-state index < -0.39 is 57.4 Å². The molecule has 0 unspecified atom stereocenters. The van der Waals surface area contributed by atoms with Gasteiger partial charge in [0.25, 0.3) is 0 Å². The Hall–Kier alpha value is -3.76. The standard InChI is InChI=1S/C21H13F7N2O2/c22-12-3-6-17(21(26,27)28)15(9-12)18-14(10-1-4-13(31)5-2-10)7-11(20(23,24)25)8-16(18)19(29)30-32/h1-9,31-32H,(H2,29,30). The van der Waals surface area contributed by atoms with Crippen LogP contribution in [-0.2, 0) is 12.4 Å². The molecule has 0 fully saturated rings. The van der Waals surface area contributed by atoms with E-state index in [1.54, 1.807) is 0 Å². The van der Waals surface area contributed by atoms with Crippen molar-refractivity contribution >= 4 is 5.84 Å². The van der Waals surface area contributed by atoms with Gasteiger partial charge in [0.05, 0.1) is 11.1 Å². The molecule has 32 heavy (non-hydrogen) atoms. The highest BCUT2D eigenvalue weighted by molar-refractivity contribution is 6.07. The zero-order valence-corrected chi connectivity index (χ0v) is 15.8. The summed E-state index contributed by atoms with van der Waals surface area (Å²) in [6, 6.07) is 7.04. The van der Waals surface area contributed by atoms with Crippen LogP contribution in [0.1, 0.15) is 16.7 Å². The lowest BCUT2D eigenvalue weighted by Gasteiger charge is -2.21. The maximum atomic E-state index is 14.0. The van der Waals surface area contributed by atoms with E-state index in [2.05, 4.69) is 5.16 Å². The van der Waals surface area contributed by atoms with Gasteiger partial charge in [-0.25, -0.2) is 4.39 Å². The van der Waals surface area contributed by atoms with E-state index in [0.29, 0.717) is 30.3 Å². The van der Waals surface area contributed by atoms with Gasteiger partial charge in [0.15, 0.2) is 5.84 Å². The zero-order chi connectivity index (χ0) is 23.8. The second-order valence-electron chi connectivity index (χ2n) is 6.66. The van der Waals surface area contributed by atoms with E-state index in [-0.39, 0.29) is 11.3 Å². The molecule has 0 bridgehead atoms. The third kappa shape index (κ3) is 4.46. The van der Waals surface area contributed by atoms with Crippen molar-refractivity contribution in [3.05, 3.63) is 77.1 Å². The quantitative estimate of drug-likeness (QED) is 0.148. The largest absolute Gasteiger partial charge is 0.508 e. The molecule has 0 aliphatic carbocycles. The van der Waals surface area contributed by atoms with Crippen LogP contribution in [0.2, 0.25) is 0 Å². The van der Waals surface area contributed by atoms with Crippen LogP contribution >= 0.6 is 0 Å². The molecule has 0 saturated carbocycles. The van der Waals surface area contributed by atoms with Gasteiger partial charge in [-0.2, -0.15) is 26.3 Å². The number of rotatable bonds is 3. The van der Waals surface area contributed by atoms with Crippen LogP contribution in [0.4, 0.5) is 30.7 Å². The molecule has 0 saturated heterocycles.